The summed E-state index contributed by atoms with van der Waals surface area (Å²) in [6.45, 7) is 3.67. The van der Waals surface area contributed by atoms with Gasteiger partial charge in [-0.3, -0.25) is 4.79 Å². The Bertz CT molecular complexity index is 768. The minimum atomic E-state index is -0.496. The topological polar surface area (TPSA) is 84.1 Å². The van der Waals surface area contributed by atoms with Gasteiger partial charge in [-0.05, 0) is 38.8 Å². The summed E-state index contributed by atoms with van der Waals surface area (Å²) in [4.78, 5) is 31.9. The molecule has 1 fully saturated rings. The third-order valence-electron chi connectivity index (χ3n) is 5.08. The van der Waals surface area contributed by atoms with Crippen LogP contribution in [-0.2, 0) is 9.53 Å². The number of carbonyl (C=O) groups excluding carboxylic acids is 2. The van der Waals surface area contributed by atoms with Gasteiger partial charge in [-0.15, -0.1) is 0 Å². The molecule has 0 aliphatic heterocycles. The number of hydrogen-bond acceptors (Lipinski definition) is 4. The molecule has 6 heteroatoms. The molecule has 144 valence electrons. The fourth-order valence-electron chi connectivity index (χ4n) is 3.36. The second-order valence-corrected chi connectivity index (χ2v) is 7.21. The molecule has 6 nitrogen and oxygen atoms in total. The second-order valence-electron chi connectivity index (χ2n) is 7.21. The Kier molecular flexibility index (Phi) is 6.27. The van der Waals surface area contributed by atoms with Gasteiger partial charge in [-0.2, -0.15) is 0 Å². The lowest BCUT2D eigenvalue weighted by Gasteiger charge is -2.16. The van der Waals surface area contributed by atoms with E-state index in [0.717, 1.165) is 48.5 Å². The van der Waals surface area contributed by atoms with Gasteiger partial charge in [0, 0.05) is 17.3 Å². The largest absolute Gasteiger partial charge is 0.452 e. The van der Waals surface area contributed by atoms with Crippen LogP contribution in [0.15, 0.2) is 24.3 Å². The summed E-state index contributed by atoms with van der Waals surface area (Å²) in [6, 6.07) is 7.22. The van der Waals surface area contributed by atoms with Crippen LogP contribution in [0.25, 0.3) is 11.4 Å². The highest BCUT2D eigenvalue weighted by atomic mass is 16.5. The zero-order valence-electron chi connectivity index (χ0n) is 16.0. The molecule has 1 amide bonds. The Hall–Kier alpha value is -2.63. The molecular weight excluding hydrogens is 342 g/mol. The second kappa shape index (κ2) is 8.84. The number of ether oxygens (including phenoxy) is 1. The van der Waals surface area contributed by atoms with Gasteiger partial charge in [0.1, 0.15) is 5.82 Å². The third-order valence-corrected chi connectivity index (χ3v) is 5.08. The van der Waals surface area contributed by atoms with Crippen molar-refractivity contribution < 1.29 is 14.3 Å². The molecule has 2 aromatic rings. The van der Waals surface area contributed by atoms with E-state index in [4.69, 9.17) is 4.74 Å². The Morgan fingerprint density at radius 1 is 1.11 bits per heavy atom. The molecule has 0 atom stereocenters. The van der Waals surface area contributed by atoms with Crippen LogP contribution in [-0.4, -0.2) is 34.5 Å². The van der Waals surface area contributed by atoms with Crippen molar-refractivity contribution in [3.8, 4) is 11.4 Å². The smallest absolute Gasteiger partial charge is 0.338 e. The fraction of sp³-hybridized carbons (Fsp3) is 0.476. The summed E-state index contributed by atoms with van der Waals surface area (Å²) in [7, 11) is 0. The highest BCUT2D eigenvalue weighted by Crippen LogP contribution is 2.19. The minimum Gasteiger partial charge on any atom is -0.452 e. The molecule has 1 aromatic carbocycles. The van der Waals surface area contributed by atoms with E-state index in [1.54, 1.807) is 12.1 Å². The van der Waals surface area contributed by atoms with E-state index < -0.39 is 5.97 Å². The summed E-state index contributed by atoms with van der Waals surface area (Å²) in [6.07, 6.45) is 6.76. The standard InChI is InChI=1S/C21H27N3O3/c1-14-15(2)23-20(22-14)16-9-11-17(12-10-16)21(26)27-13-19(25)24-18-7-5-3-4-6-8-18/h9-12,18H,3-8,13H2,1-2H3,(H,22,23)(H,24,25). The number of imidazole rings is 1. The van der Waals surface area contributed by atoms with E-state index in [1.807, 2.05) is 26.0 Å². The summed E-state index contributed by atoms with van der Waals surface area (Å²) in [5, 5.41) is 2.98. The molecule has 1 aliphatic carbocycles. The number of aromatic nitrogens is 2. The zero-order valence-corrected chi connectivity index (χ0v) is 16.0. The molecule has 1 aromatic heterocycles. The van der Waals surface area contributed by atoms with Crippen molar-refractivity contribution in [1.82, 2.24) is 15.3 Å². The summed E-state index contributed by atoms with van der Waals surface area (Å²) >= 11 is 0. The molecule has 3 rings (SSSR count). The van der Waals surface area contributed by atoms with Crippen molar-refractivity contribution in [2.45, 2.75) is 58.4 Å². The SMILES string of the molecule is Cc1nc(-c2ccc(C(=O)OCC(=O)NC3CCCCCC3)cc2)[nH]c1C. The maximum Gasteiger partial charge on any atom is 0.338 e. The highest BCUT2D eigenvalue weighted by Gasteiger charge is 2.16. The molecule has 0 saturated heterocycles. The molecule has 1 aliphatic rings. The van der Waals surface area contributed by atoms with E-state index in [2.05, 4.69) is 15.3 Å². The number of hydrogen-bond donors (Lipinski definition) is 2. The van der Waals surface area contributed by atoms with Crippen LogP contribution in [0.5, 0.6) is 0 Å². The Labute approximate surface area is 159 Å². The number of aromatic amines is 1. The molecule has 0 radical (unpaired) electrons. The van der Waals surface area contributed by atoms with E-state index in [1.165, 1.54) is 12.8 Å². The Morgan fingerprint density at radius 3 is 2.37 bits per heavy atom. The van der Waals surface area contributed by atoms with Crippen molar-refractivity contribution in [2.75, 3.05) is 6.61 Å². The van der Waals surface area contributed by atoms with Crippen LogP contribution in [0.1, 0.15) is 60.3 Å². The van der Waals surface area contributed by atoms with Crippen LogP contribution in [0.4, 0.5) is 0 Å². The average Bonchev–Trinajstić information content (AvgIpc) is 2.86. The minimum absolute atomic E-state index is 0.207. The van der Waals surface area contributed by atoms with Crippen LogP contribution < -0.4 is 5.32 Å². The van der Waals surface area contributed by atoms with Crippen molar-refractivity contribution in [3.63, 3.8) is 0 Å². The Morgan fingerprint density at radius 2 is 1.78 bits per heavy atom. The molecule has 0 unspecified atom stereocenters. The van der Waals surface area contributed by atoms with Crippen LogP contribution in [0.3, 0.4) is 0 Å². The molecule has 2 N–H and O–H groups in total. The van der Waals surface area contributed by atoms with Gasteiger partial charge in [-0.25, -0.2) is 9.78 Å². The number of nitrogens with zero attached hydrogens (tertiary/aromatic N) is 1. The summed E-state index contributed by atoms with van der Waals surface area (Å²) in [5.74, 6) is 0.0467. The number of H-pyrrole nitrogens is 1. The summed E-state index contributed by atoms with van der Waals surface area (Å²) < 4.78 is 5.16. The quantitative estimate of drug-likeness (QED) is 0.622. The van der Waals surface area contributed by atoms with Gasteiger partial charge in [0.15, 0.2) is 6.61 Å². The van der Waals surface area contributed by atoms with Gasteiger partial charge >= 0.3 is 5.97 Å². The van der Waals surface area contributed by atoms with E-state index in [-0.39, 0.29) is 18.6 Å². The van der Waals surface area contributed by atoms with Gasteiger partial charge in [0.25, 0.3) is 5.91 Å². The van der Waals surface area contributed by atoms with Gasteiger partial charge in [-0.1, -0.05) is 37.8 Å². The normalized spacial score (nSPS) is 15.2. The number of esters is 1. The molecule has 1 heterocycles. The number of carbonyl (C=O) groups is 2. The van der Waals surface area contributed by atoms with Gasteiger partial charge in [0.05, 0.1) is 11.3 Å². The number of aryl methyl sites for hydroxylation is 2. The monoisotopic (exact) mass is 369 g/mol. The van der Waals surface area contributed by atoms with Crippen LogP contribution >= 0.6 is 0 Å². The molecule has 27 heavy (non-hydrogen) atoms. The highest BCUT2D eigenvalue weighted by molar-refractivity contribution is 5.91. The lowest BCUT2D eigenvalue weighted by Crippen LogP contribution is -2.37. The van der Waals surface area contributed by atoms with Crippen molar-refractivity contribution >= 4 is 11.9 Å². The van der Waals surface area contributed by atoms with Crippen molar-refractivity contribution in [1.29, 1.82) is 0 Å². The van der Waals surface area contributed by atoms with Crippen molar-refractivity contribution in [2.24, 2.45) is 0 Å². The first-order valence-electron chi connectivity index (χ1n) is 9.63. The van der Waals surface area contributed by atoms with Gasteiger partial charge < -0.3 is 15.0 Å². The zero-order chi connectivity index (χ0) is 19.2. The van der Waals surface area contributed by atoms with E-state index in [9.17, 15) is 9.59 Å². The third kappa shape index (κ3) is 5.18. The van der Waals surface area contributed by atoms with Crippen LogP contribution in [0, 0.1) is 13.8 Å². The first-order chi connectivity index (χ1) is 13.0. The van der Waals surface area contributed by atoms with E-state index in [0.29, 0.717) is 5.56 Å². The lowest BCUT2D eigenvalue weighted by molar-refractivity contribution is -0.125. The first-order valence-corrected chi connectivity index (χ1v) is 9.63. The number of amides is 1. The molecule has 0 spiro atoms. The fourth-order valence-corrected chi connectivity index (χ4v) is 3.36. The maximum absolute atomic E-state index is 12.2. The molecular formula is C21H27N3O3. The van der Waals surface area contributed by atoms with Crippen molar-refractivity contribution in [3.05, 3.63) is 41.2 Å². The molecule has 0 bridgehead atoms. The van der Waals surface area contributed by atoms with Gasteiger partial charge in [0.2, 0.25) is 0 Å². The lowest BCUT2D eigenvalue weighted by atomic mass is 10.1. The Balaban J connectivity index is 1.51. The first kappa shape index (κ1) is 19.1. The number of rotatable bonds is 5. The average molecular weight is 369 g/mol. The summed E-state index contributed by atoms with van der Waals surface area (Å²) in [5.41, 5.74) is 3.29. The van der Waals surface area contributed by atoms with Crippen LogP contribution in [0.2, 0.25) is 0 Å². The number of nitrogens with one attached hydrogen (secondary N) is 2. The maximum atomic E-state index is 12.2. The molecule has 1 saturated carbocycles. The number of benzene rings is 1. The predicted molar refractivity (Wildman–Crippen MR) is 103 cm³/mol. The predicted octanol–water partition coefficient (Wildman–Crippen LogP) is 3.69. The van der Waals surface area contributed by atoms with E-state index >= 15 is 0 Å².